The number of rotatable bonds is 4. The number of sulfone groups is 1. The van der Waals surface area contributed by atoms with Crippen LogP contribution in [0.3, 0.4) is 0 Å². The van der Waals surface area contributed by atoms with E-state index in [0.29, 0.717) is 56.3 Å². The molecule has 0 bridgehead atoms. The molecule has 3 heterocycles. The van der Waals surface area contributed by atoms with Crippen LogP contribution >= 0.6 is 0 Å². The molecule has 2 aliphatic rings. The number of carbonyl (C=O) groups excluding carboxylic acids is 1. The molecule has 0 N–H and O–H groups in total. The molecule has 2 aliphatic heterocycles. The third kappa shape index (κ3) is 3.15. The number of methoxy groups -OCH3 is 1. The summed E-state index contributed by atoms with van der Waals surface area (Å²) in [6.45, 7) is 2.74. The van der Waals surface area contributed by atoms with Gasteiger partial charge in [0.05, 0.1) is 42.7 Å². The summed E-state index contributed by atoms with van der Waals surface area (Å²) in [7, 11) is -1.94. The Labute approximate surface area is 157 Å². The van der Waals surface area contributed by atoms with Crippen molar-refractivity contribution in [1.29, 1.82) is 0 Å². The lowest BCUT2D eigenvalue weighted by molar-refractivity contribution is 0.0297. The number of fused-ring (bicyclic) bond motifs is 3. The van der Waals surface area contributed by atoms with Crippen molar-refractivity contribution in [1.82, 2.24) is 14.7 Å². The number of aromatic nitrogens is 2. The average Bonchev–Trinajstić information content (AvgIpc) is 3.04. The van der Waals surface area contributed by atoms with E-state index in [1.165, 1.54) is 0 Å². The second-order valence-electron chi connectivity index (χ2n) is 6.55. The number of carbonyl (C=O) groups is 1. The fourth-order valence-corrected chi connectivity index (χ4v) is 5.16. The van der Waals surface area contributed by atoms with Gasteiger partial charge in [0.1, 0.15) is 0 Å². The minimum Gasteiger partial charge on any atom is -0.383 e. The van der Waals surface area contributed by atoms with E-state index in [-0.39, 0.29) is 22.2 Å². The molecule has 0 spiro atoms. The zero-order valence-electron chi connectivity index (χ0n) is 15.1. The van der Waals surface area contributed by atoms with Crippen molar-refractivity contribution in [3.05, 3.63) is 35.5 Å². The number of morpholine rings is 1. The second kappa shape index (κ2) is 7.06. The molecule has 1 fully saturated rings. The lowest BCUT2D eigenvalue weighted by Gasteiger charge is -2.26. The smallest absolute Gasteiger partial charge is 0.274 e. The van der Waals surface area contributed by atoms with E-state index in [9.17, 15) is 13.2 Å². The van der Waals surface area contributed by atoms with Crippen LogP contribution < -0.4 is 0 Å². The Balaban J connectivity index is 1.86. The zero-order valence-corrected chi connectivity index (χ0v) is 15.9. The van der Waals surface area contributed by atoms with Crippen molar-refractivity contribution >= 4 is 15.7 Å². The van der Waals surface area contributed by atoms with E-state index in [0.717, 1.165) is 0 Å². The number of ether oxygens (including phenoxy) is 2. The Morgan fingerprint density at radius 3 is 2.74 bits per heavy atom. The van der Waals surface area contributed by atoms with Crippen molar-refractivity contribution in [2.24, 2.45) is 0 Å². The molecule has 1 aromatic heterocycles. The highest BCUT2D eigenvalue weighted by molar-refractivity contribution is 7.90. The van der Waals surface area contributed by atoms with Crippen molar-refractivity contribution in [2.75, 3.05) is 40.0 Å². The first-order chi connectivity index (χ1) is 13.0. The number of benzene rings is 1. The molecular weight excluding hydrogens is 370 g/mol. The molecule has 8 nitrogen and oxygen atoms in total. The zero-order chi connectivity index (χ0) is 19.0. The van der Waals surface area contributed by atoms with Gasteiger partial charge < -0.3 is 14.4 Å². The predicted octanol–water partition coefficient (Wildman–Crippen LogP) is 0.956. The molecular formula is C18H21N3O5S. The van der Waals surface area contributed by atoms with Crippen LogP contribution in [-0.4, -0.2) is 69.0 Å². The summed E-state index contributed by atoms with van der Waals surface area (Å²) in [4.78, 5) is 15.0. The van der Waals surface area contributed by atoms with Gasteiger partial charge in [0.25, 0.3) is 5.91 Å². The van der Waals surface area contributed by atoms with Gasteiger partial charge in [-0.2, -0.15) is 5.10 Å². The number of nitrogens with zero attached hydrogens (tertiary/aromatic N) is 3. The Kier molecular flexibility index (Phi) is 4.75. The fraction of sp³-hybridized carbons (Fsp3) is 0.444. The number of amides is 1. The molecule has 2 aromatic rings. The van der Waals surface area contributed by atoms with Gasteiger partial charge in [-0.25, -0.2) is 8.42 Å². The van der Waals surface area contributed by atoms with E-state index in [4.69, 9.17) is 9.47 Å². The predicted molar refractivity (Wildman–Crippen MR) is 97.2 cm³/mol. The molecule has 0 aliphatic carbocycles. The minimum atomic E-state index is -3.53. The molecule has 1 saturated heterocycles. The van der Waals surface area contributed by atoms with Gasteiger partial charge in [0, 0.05) is 31.3 Å². The molecule has 1 amide bonds. The van der Waals surface area contributed by atoms with E-state index >= 15 is 0 Å². The van der Waals surface area contributed by atoms with Crippen molar-refractivity contribution in [2.45, 2.75) is 17.2 Å². The number of hydrogen-bond donors (Lipinski definition) is 0. The van der Waals surface area contributed by atoms with E-state index in [1.54, 1.807) is 41.0 Å². The van der Waals surface area contributed by atoms with Crippen LogP contribution in [0.15, 0.2) is 29.2 Å². The van der Waals surface area contributed by atoms with Gasteiger partial charge in [-0.3, -0.25) is 9.48 Å². The Morgan fingerprint density at radius 2 is 2.00 bits per heavy atom. The third-order valence-corrected chi connectivity index (χ3v) is 6.57. The van der Waals surface area contributed by atoms with Crippen LogP contribution in [0.5, 0.6) is 0 Å². The topological polar surface area (TPSA) is 90.7 Å². The molecule has 0 saturated carbocycles. The Bertz CT molecular complexity index is 977. The highest BCUT2D eigenvalue weighted by Gasteiger charge is 2.36. The van der Waals surface area contributed by atoms with Crippen LogP contribution in [-0.2, 0) is 31.6 Å². The summed E-state index contributed by atoms with van der Waals surface area (Å²) in [5.74, 6) is -0.474. The van der Waals surface area contributed by atoms with Crippen LogP contribution in [0.4, 0.5) is 0 Å². The molecule has 0 unspecified atom stereocenters. The molecule has 4 rings (SSSR count). The molecule has 0 radical (unpaired) electrons. The lowest BCUT2D eigenvalue weighted by atomic mass is 10.1. The maximum atomic E-state index is 13.1. The van der Waals surface area contributed by atoms with Gasteiger partial charge in [0.15, 0.2) is 15.5 Å². The normalized spacial score (nSPS) is 18.0. The summed E-state index contributed by atoms with van der Waals surface area (Å²) in [6.07, 6.45) is 0. The number of hydrogen-bond acceptors (Lipinski definition) is 6. The summed E-state index contributed by atoms with van der Waals surface area (Å²) >= 11 is 0. The Hall–Kier alpha value is -2.23. The minimum absolute atomic E-state index is 0.209. The summed E-state index contributed by atoms with van der Waals surface area (Å²) < 4.78 is 37.8. The van der Waals surface area contributed by atoms with Crippen molar-refractivity contribution < 1.29 is 22.7 Å². The van der Waals surface area contributed by atoms with Crippen LogP contribution in [0.1, 0.15) is 16.1 Å². The van der Waals surface area contributed by atoms with Gasteiger partial charge in [-0.15, -0.1) is 0 Å². The Morgan fingerprint density at radius 1 is 1.26 bits per heavy atom. The van der Waals surface area contributed by atoms with E-state index in [1.807, 2.05) is 0 Å². The average molecular weight is 391 g/mol. The summed E-state index contributed by atoms with van der Waals surface area (Å²) in [5.41, 5.74) is 1.96. The highest BCUT2D eigenvalue weighted by Crippen LogP contribution is 2.39. The monoisotopic (exact) mass is 391 g/mol. The maximum absolute atomic E-state index is 13.1. The SMILES string of the molecule is COCCn1nc(C(=O)N2CCOCC2)c2c1-c1ccccc1S(=O)(=O)C2. The van der Waals surface area contributed by atoms with E-state index < -0.39 is 9.84 Å². The first kappa shape index (κ1) is 18.1. The standard InChI is InChI=1S/C18H21N3O5S/c1-25-9-8-21-17-13-4-2-3-5-15(13)27(23,24)12-14(17)16(19-21)18(22)20-6-10-26-11-7-20/h2-5H,6-12H2,1H3. The van der Waals surface area contributed by atoms with Crippen LogP contribution in [0.25, 0.3) is 11.3 Å². The molecule has 1 aromatic carbocycles. The van der Waals surface area contributed by atoms with Crippen LogP contribution in [0.2, 0.25) is 0 Å². The van der Waals surface area contributed by atoms with Gasteiger partial charge >= 0.3 is 0 Å². The molecule has 9 heteroatoms. The maximum Gasteiger partial charge on any atom is 0.274 e. The molecule has 27 heavy (non-hydrogen) atoms. The quantitative estimate of drug-likeness (QED) is 0.771. The first-order valence-corrected chi connectivity index (χ1v) is 10.5. The van der Waals surface area contributed by atoms with Crippen molar-refractivity contribution in [3.63, 3.8) is 0 Å². The van der Waals surface area contributed by atoms with Crippen LogP contribution in [0, 0.1) is 0 Å². The largest absolute Gasteiger partial charge is 0.383 e. The first-order valence-electron chi connectivity index (χ1n) is 8.80. The van der Waals surface area contributed by atoms with Crippen molar-refractivity contribution in [3.8, 4) is 11.3 Å². The third-order valence-electron chi connectivity index (χ3n) is 4.87. The molecule has 0 atom stereocenters. The van der Waals surface area contributed by atoms with Gasteiger partial charge in [-0.1, -0.05) is 18.2 Å². The molecule has 144 valence electrons. The van der Waals surface area contributed by atoms with Gasteiger partial charge in [0.2, 0.25) is 0 Å². The summed E-state index contributed by atoms with van der Waals surface area (Å²) in [5, 5.41) is 4.51. The second-order valence-corrected chi connectivity index (χ2v) is 8.51. The van der Waals surface area contributed by atoms with E-state index in [2.05, 4.69) is 5.10 Å². The highest BCUT2D eigenvalue weighted by atomic mass is 32.2. The van der Waals surface area contributed by atoms with Gasteiger partial charge in [-0.05, 0) is 6.07 Å². The lowest BCUT2D eigenvalue weighted by Crippen LogP contribution is -2.41. The fourth-order valence-electron chi connectivity index (χ4n) is 3.57. The summed E-state index contributed by atoms with van der Waals surface area (Å²) in [6, 6.07) is 6.86.